The third-order valence-electron chi connectivity index (χ3n) is 2.94. The van der Waals surface area contributed by atoms with Gasteiger partial charge in [0.05, 0.1) is 13.2 Å². The van der Waals surface area contributed by atoms with Gasteiger partial charge in [-0.2, -0.15) is 0 Å². The topological polar surface area (TPSA) is 29.5 Å². The average molecular weight is 267 g/mol. The van der Waals surface area contributed by atoms with E-state index in [4.69, 9.17) is 16.3 Å². The van der Waals surface area contributed by atoms with Gasteiger partial charge in [-0.25, -0.2) is 0 Å². The lowest BCUT2D eigenvalue weighted by atomic mass is 10.1. The maximum Gasteiger partial charge on any atom is 0.129 e. The van der Waals surface area contributed by atoms with Crippen LogP contribution in [-0.4, -0.2) is 11.7 Å². The highest BCUT2D eigenvalue weighted by atomic mass is 35.5. The van der Waals surface area contributed by atoms with Crippen LogP contribution in [0.15, 0.2) is 23.6 Å². The van der Waals surface area contributed by atoms with Gasteiger partial charge in [0.25, 0.3) is 0 Å². The zero-order valence-electron chi connectivity index (χ0n) is 9.07. The van der Waals surface area contributed by atoms with E-state index in [-0.39, 0.29) is 6.61 Å². The smallest absolute Gasteiger partial charge is 0.129 e. The van der Waals surface area contributed by atoms with Crippen molar-refractivity contribution in [2.45, 2.75) is 13.0 Å². The molecule has 0 saturated carbocycles. The first-order valence-electron chi connectivity index (χ1n) is 5.42. The zero-order chi connectivity index (χ0) is 11.8. The Labute approximate surface area is 108 Å². The van der Waals surface area contributed by atoms with Gasteiger partial charge in [-0.1, -0.05) is 11.6 Å². The van der Waals surface area contributed by atoms with Crippen molar-refractivity contribution in [1.29, 1.82) is 0 Å². The molecule has 0 amide bonds. The Morgan fingerprint density at radius 1 is 1.41 bits per heavy atom. The summed E-state index contributed by atoms with van der Waals surface area (Å²) in [5.41, 5.74) is 3.09. The second-order valence-electron chi connectivity index (χ2n) is 3.97. The lowest BCUT2D eigenvalue weighted by Crippen LogP contribution is -1.98. The second-order valence-corrected chi connectivity index (χ2v) is 5.29. The number of hydrogen-bond donors (Lipinski definition) is 1. The van der Waals surface area contributed by atoms with Crippen LogP contribution in [0.3, 0.4) is 0 Å². The molecule has 0 aliphatic carbocycles. The van der Waals surface area contributed by atoms with E-state index in [9.17, 15) is 5.11 Å². The summed E-state index contributed by atoms with van der Waals surface area (Å²) < 4.78 is 5.71. The van der Waals surface area contributed by atoms with E-state index >= 15 is 0 Å². The second kappa shape index (κ2) is 4.33. The molecular weight excluding hydrogens is 256 g/mol. The molecule has 0 unspecified atom stereocenters. The number of benzene rings is 1. The standard InChI is InChI=1S/C13H11ClO2S/c14-11-6-12-10(5-9(11)7-15)13-8(1-3-16-12)2-4-17-13/h2,4-6,15H,1,3,7H2. The lowest BCUT2D eigenvalue weighted by Gasteiger charge is -2.10. The van der Waals surface area contributed by atoms with Crippen LogP contribution in [0.2, 0.25) is 5.02 Å². The van der Waals surface area contributed by atoms with Gasteiger partial charge >= 0.3 is 0 Å². The van der Waals surface area contributed by atoms with Crippen molar-refractivity contribution in [3.8, 4) is 16.2 Å². The first-order valence-corrected chi connectivity index (χ1v) is 6.68. The number of thiophene rings is 1. The normalized spacial score (nSPS) is 13.5. The van der Waals surface area contributed by atoms with Crippen LogP contribution < -0.4 is 4.74 Å². The van der Waals surface area contributed by atoms with Gasteiger partial charge in [-0.3, -0.25) is 0 Å². The van der Waals surface area contributed by atoms with Gasteiger partial charge in [0.1, 0.15) is 5.75 Å². The number of ether oxygens (including phenoxy) is 1. The van der Waals surface area contributed by atoms with Crippen LogP contribution in [-0.2, 0) is 13.0 Å². The minimum atomic E-state index is -0.0488. The van der Waals surface area contributed by atoms with Crippen LogP contribution in [0.5, 0.6) is 5.75 Å². The van der Waals surface area contributed by atoms with Gasteiger partial charge < -0.3 is 9.84 Å². The van der Waals surface area contributed by atoms with Gasteiger partial charge in [0.2, 0.25) is 0 Å². The summed E-state index contributed by atoms with van der Waals surface area (Å²) >= 11 is 7.78. The summed E-state index contributed by atoms with van der Waals surface area (Å²) in [5.74, 6) is 0.813. The molecular formula is C13H11ClO2S. The summed E-state index contributed by atoms with van der Waals surface area (Å²) in [6.07, 6.45) is 0.916. The Balaban J connectivity index is 2.24. The summed E-state index contributed by atoms with van der Waals surface area (Å²) in [4.78, 5) is 1.23. The molecule has 2 nitrogen and oxygen atoms in total. The number of fused-ring (bicyclic) bond motifs is 3. The first-order chi connectivity index (χ1) is 8.29. The van der Waals surface area contributed by atoms with Crippen molar-refractivity contribution in [3.05, 3.63) is 39.7 Å². The zero-order valence-corrected chi connectivity index (χ0v) is 10.6. The summed E-state index contributed by atoms with van der Waals surface area (Å²) in [7, 11) is 0. The van der Waals surface area contributed by atoms with Crippen molar-refractivity contribution in [3.63, 3.8) is 0 Å². The molecule has 2 aromatic rings. The summed E-state index contributed by atoms with van der Waals surface area (Å²) in [6.45, 7) is 0.623. The van der Waals surface area contributed by atoms with E-state index in [0.717, 1.165) is 23.3 Å². The minimum Gasteiger partial charge on any atom is -0.493 e. The molecule has 0 spiro atoms. The third kappa shape index (κ3) is 1.84. The maximum absolute atomic E-state index is 9.27. The quantitative estimate of drug-likeness (QED) is 0.856. The summed E-state index contributed by atoms with van der Waals surface area (Å²) in [6, 6.07) is 5.86. The molecule has 0 saturated heterocycles. The largest absolute Gasteiger partial charge is 0.493 e. The molecule has 1 aliphatic heterocycles. The molecule has 1 aromatic carbocycles. The van der Waals surface area contributed by atoms with Crippen molar-refractivity contribution in [1.82, 2.24) is 0 Å². The highest BCUT2D eigenvalue weighted by Gasteiger charge is 2.18. The van der Waals surface area contributed by atoms with Crippen LogP contribution in [0, 0.1) is 0 Å². The van der Waals surface area contributed by atoms with E-state index in [0.29, 0.717) is 11.6 Å². The molecule has 88 valence electrons. The summed E-state index contributed by atoms with van der Waals surface area (Å²) in [5, 5.41) is 11.9. The Morgan fingerprint density at radius 2 is 2.29 bits per heavy atom. The van der Waals surface area contributed by atoms with Crippen LogP contribution >= 0.6 is 22.9 Å². The molecule has 2 heterocycles. The van der Waals surface area contributed by atoms with Crippen LogP contribution in [0.1, 0.15) is 11.1 Å². The molecule has 0 atom stereocenters. The van der Waals surface area contributed by atoms with Gasteiger partial charge in [-0.15, -0.1) is 11.3 Å². The third-order valence-corrected chi connectivity index (χ3v) is 4.28. The fourth-order valence-corrected chi connectivity index (χ4v) is 3.25. The van der Waals surface area contributed by atoms with Gasteiger partial charge in [0.15, 0.2) is 0 Å². The molecule has 1 aliphatic rings. The van der Waals surface area contributed by atoms with Crippen molar-refractivity contribution < 1.29 is 9.84 Å². The number of aliphatic hydroxyl groups is 1. The van der Waals surface area contributed by atoms with Crippen LogP contribution in [0.25, 0.3) is 10.4 Å². The Bertz CT molecular complexity index is 563. The molecule has 1 N–H and O–H groups in total. The predicted octanol–water partition coefficient (Wildman–Crippen LogP) is 3.50. The molecule has 17 heavy (non-hydrogen) atoms. The van der Waals surface area contributed by atoms with Crippen molar-refractivity contribution >= 4 is 22.9 Å². The molecule has 1 aromatic heterocycles. The van der Waals surface area contributed by atoms with E-state index in [1.807, 2.05) is 6.07 Å². The van der Waals surface area contributed by atoms with Crippen molar-refractivity contribution in [2.24, 2.45) is 0 Å². The average Bonchev–Trinajstić information content (AvgIpc) is 2.72. The van der Waals surface area contributed by atoms with Gasteiger partial charge in [0, 0.05) is 21.9 Å². The minimum absolute atomic E-state index is 0.0488. The molecule has 4 heteroatoms. The van der Waals surface area contributed by atoms with Crippen molar-refractivity contribution in [2.75, 3.05) is 6.61 Å². The molecule has 3 rings (SSSR count). The van der Waals surface area contributed by atoms with E-state index in [1.54, 1.807) is 17.4 Å². The van der Waals surface area contributed by atoms with E-state index in [2.05, 4.69) is 11.4 Å². The monoisotopic (exact) mass is 266 g/mol. The highest BCUT2D eigenvalue weighted by Crippen LogP contribution is 2.41. The van der Waals surface area contributed by atoms with E-state index < -0.39 is 0 Å². The molecule has 0 radical (unpaired) electrons. The highest BCUT2D eigenvalue weighted by molar-refractivity contribution is 7.13. The fourth-order valence-electron chi connectivity index (χ4n) is 2.06. The Kier molecular flexibility index (Phi) is 2.82. The number of halogens is 1. The number of hydrogen-bond acceptors (Lipinski definition) is 3. The van der Waals surface area contributed by atoms with Crippen LogP contribution in [0.4, 0.5) is 0 Å². The molecule has 0 bridgehead atoms. The number of aliphatic hydroxyl groups excluding tert-OH is 1. The van der Waals surface area contributed by atoms with E-state index in [1.165, 1.54) is 10.4 Å². The SMILES string of the molecule is OCc1cc2c(cc1Cl)OCCc1ccsc1-2. The Hall–Kier alpha value is -1.03. The fraction of sp³-hybridized carbons (Fsp3) is 0.231. The predicted molar refractivity (Wildman–Crippen MR) is 69.9 cm³/mol. The first kappa shape index (κ1) is 11.1. The Morgan fingerprint density at radius 3 is 3.12 bits per heavy atom. The number of rotatable bonds is 1. The molecule has 0 fully saturated rings. The van der Waals surface area contributed by atoms with Gasteiger partial charge in [-0.05, 0) is 34.7 Å². The maximum atomic E-state index is 9.27. The lowest BCUT2D eigenvalue weighted by molar-refractivity contribution is 0.281.